The number of sulfonamides is 1. The van der Waals surface area contributed by atoms with E-state index in [-0.39, 0.29) is 29.2 Å². The highest BCUT2D eigenvalue weighted by atomic mass is 32.2. The molecule has 1 heterocycles. The van der Waals surface area contributed by atoms with E-state index in [1.807, 2.05) is 0 Å². The van der Waals surface area contributed by atoms with E-state index >= 15 is 0 Å². The number of hydrogen-bond acceptors (Lipinski definition) is 6. The second-order valence-corrected chi connectivity index (χ2v) is 8.03. The summed E-state index contributed by atoms with van der Waals surface area (Å²) in [5.41, 5.74) is 0.165. The number of amides is 1. The third-order valence-corrected chi connectivity index (χ3v) is 5.49. The van der Waals surface area contributed by atoms with Crippen molar-refractivity contribution < 1.29 is 31.9 Å². The van der Waals surface area contributed by atoms with Crippen LogP contribution >= 0.6 is 0 Å². The number of benzene rings is 2. The Morgan fingerprint density at radius 3 is 2.38 bits per heavy atom. The zero-order chi connectivity index (χ0) is 21.2. The fourth-order valence-corrected chi connectivity index (χ4v) is 3.66. The minimum Gasteiger partial charge on any atom is -0.485 e. The van der Waals surface area contributed by atoms with E-state index in [1.54, 1.807) is 6.07 Å². The van der Waals surface area contributed by atoms with Crippen LogP contribution in [0.15, 0.2) is 53.4 Å². The van der Waals surface area contributed by atoms with Gasteiger partial charge in [0.2, 0.25) is 10.0 Å². The molecule has 0 saturated carbocycles. The molecule has 2 aromatic carbocycles. The first-order valence-electron chi connectivity index (χ1n) is 8.63. The van der Waals surface area contributed by atoms with E-state index in [4.69, 9.17) is 14.6 Å². The van der Waals surface area contributed by atoms with E-state index in [0.29, 0.717) is 0 Å². The maximum absolute atomic E-state index is 13.9. The van der Waals surface area contributed by atoms with Gasteiger partial charge in [-0.25, -0.2) is 22.7 Å². The summed E-state index contributed by atoms with van der Waals surface area (Å²) in [6.45, 7) is 0.0316. The van der Waals surface area contributed by atoms with Gasteiger partial charge >= 0.3 is 5.97 Å². The molecule has 3 rings (SSSR count). The summed E-state index contributed by atoms with van der Waals surface area (Å²) in [7, 11) is -2.69. The van der Waals surface area contributed by atoms with Gasteiger partial charge < -0.3 is 14.4 Å². The number of methoxy groups -OCH3 is 1. The first-order chi connectivity index (χ1) is 13.7. The number of rotatable bonds is 5. The molecular weight excluding hydrogens is 403 g/mol. The summed E-state index contributed by atoms with van der Waals surface area (Å²) < 4.78 is 47.0. The Morgan fingerprint density at radius 1 is 1.14 bits per heavy atom. The molecule has 10 heteroatoms. The number of halogens is 1. The zero-order valence-electron chi connectivity index (χ0n) is 15.4. The van der Waals surface area contributed by atoms with E-state index in [9.17, 15) is 22.4 Å². The van der Waals surface area contributed by atoms with Gasteiger partial charge in [-0.2, -0.15) is 0 Å². The van der Waals surface area contributed by atoms with Gasteiger partial charge in [0, 0.05) is 12.0 Å². The maximum Gasteiger partial charge on any atom is 0.328 e. The molecule has 0 bridgehead atoms. The highest BCUT2D eigenvalue weighted by Gasteiger charge is 2.42. The van der Waals surface area contributed by atoms with Crippen LogP contribution in [0.5, 0.6) is 5.75 Å². The number of primary sulfonamides is 1. The summed E-state index contributed by atoms with van der Waals surface area (Å²) in [5, 5.41) is 5.06. The van der Waals surface area contributed by atoms with Crippen molar-refractivity contribution in [3.8, 4) is 5.75 Å². The number of para-hydroxylation sites is 1. The van der Waals surface area contributed by atoms with Gasteiger partial charge in [0.1, 0.15) is 12.1 Å². The van der Waals surface area contributed by atoms with Crippen molar-refractivity contribution in [2.75, 3.05) is 13.7 Å². The van der Waals surface area contributed by atoms with Crippen LogP contribution in [0.4, 0.5) is 4.39 Å². The van der Waals surface area contributed by atoms with Crippen LogP contribution in [0.3, 0.4) is 0 Å². The monoisotopic (exact) mass is 422 g/mol. The molecule has 154 valence electrons. The first kappa shape index (κ1) is 20.7. The Labute approximate surface area is 167 Å². The van der Waals surface area contributed by atoms with Crippen molar-refractivity contribution in [1.29, 1.82) is 0 Å². The minimum atomic E-state index is -3.89. The van der Waals surface area contributed by atoms with Crippen LogP contribution in [0.1, 0.15) is 16.8 Å². The predicted molar refractivity (Wildman–Crippen MR) is 100 cm³/mol. The highest BCUT2D eigenvalue weighted by Crippen LogP contribution is 2.27. The van der Waals surface area contributed by atoms with E-state index in [0.717, 1.165) is 0 Å². The molecular formula is C19H19FN2O6S. The summed E-state index contributed by atoms with van der Waals surface area (Å²) in [4.78, 5) is 26.2. The molecule has 1 saturated heterocycles. The molecule has 29 heavy (non-hydrogen) atoms. The second kappa shape index (κ2) is 8.18. The van der Waals surface area contributed by atoms with Crippen molar-refractivity contribution in [3.63, 3.8) is 0 Å². The molecule has 2 N–H and O–H groups in total. The molecule has 2 aromatic rings. The van der Waals surface area contributed by atoms with Crippen molar-refractivity contribution in [1.82, 2.24) is 4.90 Å². The fraction of sp³-hybridized carbons (Fsp3) is 0.263. The molecule has 0 aromatic heterocycles. The Hall–Kier alpha value is -2.98. The number of ether oxygens (including phenoxy) is 2. The Kier molecular flexibility index (Phi) is 5.85. The van der Waals surface area contributed by atoms with Gasteiger partial charge in [0.15, 0.2) is 11.6 Å². The quantitative estimate of drug-likeness (QED) is 0.727. The lowest BCUT2D eigenvalue weighted by atomic mass is 10.1. The average molecular weight is 422 g/mol. The van der Waals surface area contributed by atoms with Crippen molar-refractivity contribution in [3.05, 3.63) is 59.9 Å². The average Bonchev–Trinajstić information content (AvgIpc) is 3.12. The van der Waals surface area contributed by atoms with Gasteiger partial charge in [-0.1, -0.05) is 12.1 Å². The molecule has 1 fully saturated rings. The molecule has 2 unspecified atom stereocenters. The molecule has 1 aliphatic rings. The largest absolute Gasteiger partial charge is 0.485 e. The predicted octanol–water partition coefficient (Wildman–Crippen LogP) is 1.31. The molecule has 1 amide bonds. The van der Waals surface area contributed by atoms with Crippen molar-refractivity contribution in [2.24, 2.45) is 5.14 Å². The van der Waals surface area contributed by atoms with Crippen LogP contribution in [-0.4, -0.2) is 51.0 Å². The number of nitrogens with two attached hydrogens (primary N) is 1. The van der Waals surface area contributed by atoms with Crippen LogP contribution in [0.25, 0.3) is 0 Å². The number of likely N-dealkylation sites (tertiary alicyclic amines) is 1. The molecule has 8 nitrogen and oxygen atoms in total. The van der Waals surface area contributed by atoms with Gasteiger partial charge in [0.05, 0.1) is 18.6 Å². The Balaban J connectivity index is 1.82. The summed E-state index contributed by atoms with van der Waals surface area (Å²) >= 11 is 0. The van der Waals surface area contributed by atoms with Crippen LogP contribution in [-0.2, 0) is 19.6 Å². The minimum absolute atomic E-state index is 0.0212. The zero-order valence-corrected chi connectivity index (χ0v) is 16.3. The highest BCUT2D eigenvalue weighted by molar-refractivity contribution is 7.89. The van der Waals surface area contributed by atoms with Gasteiger partial charge in [-0.3, -0.25) is 4.79 Å². The summed E-state index contributed by atoms with van der Waals surface area (Å²) in [5.74, 6) is -1.67. The van der Waals surface area contributed by atoms with Gasteiger partial charge in [-0.05, 0) is 36.4 Å². The molecule has 0 spiro atoms. The number of hydrogen-bond donors (Lipinski definition) is 1. The Morgan fingerprint density at radius 2 is 1.79 bits per heavy atom. The van der Waals surface area contributed by atoms with Gasteiger partial charge in [0.25, 0.3) is 5.91 Å². The Bertz CT molecular complexity index is 1030. The number of carbonyl (C=O) groups is 2. The van der Waals surface area contributed by atoms with Crippen molar-refractivity contribution in [2.45, 2.75) is 23.5 Å². The standard InChI is InChI=1S/C19H19FN2O6S/c1-27-19(24)16-10-13(28-17-5-3-2-4-15(17)20)11-22(16)18(23)12-6-8-14(9-7-12)29(21,25)26/h2-9,13,16H,10-11H2,1H3,(H2,21,25,26). The normalized spacial score (nSPS) is 19.1. The fourth-order valence-electron chi connectivity index (χ4n) is 3.14. The SMILES string of the molecule is COC(=O)C1CC(Oc2ccccc2F)CN1C(=O)c1ccc(S(N)(=O)=O)cc1. The molecule has 2 atom stereocenters. The number of carbonyl (C=O) groups excluding carboxylic acids is 2. The van der Waals surface area contributed by atoms with Crippen LogP contribution in [0, 0.1) is 5.82 Å². The van der Waals surface area contributed by atoms with Gasteiger partial charge in [-0.15, -0.1) is 0 Å². The second-order valence-electron chi connectivity index (χ2n) is 6.47. The summed E-state index contributed by atoms with van der Waals surface area (Å²) in [6, 6.07) is 9.95. The smallest absolute Gasteiger partial charge is 0.328 e. The third-order valence-electron chi connectivity index (χ3n) is 4.56. The lowest BCUT2D eigenvalue weighted by molar-refractivity contribution is -0.145. The van der Waals surface area contributed by atoms with Crippen molar-refractivity contribution >= 4 is 21.9 Å². The number of nitrogens with zero attached hydrogens (tertiary/aromatic N) is 1. The molecule has 0 aliphatic carbocycles. The van der Waals surface area contributed by atoms with E-state index < -0.39 is 39.9 Å². The topological polar surface area (TPSA) is 116 Å². The number of esters is 1. The first-order valence-corrected chi connectivity index (χ1v) is 10.2. The molecule has 1 aliphatic heterocycles. The van der Waals surface area contributed by atoms with E-state index in [2.05, 4.69) is 0 Å². The molecule has 0 radical (unpaired) electrons. The lowest BCUT2D eigenvalue weighted by Crippen LogP contribution is -2.41. The lowest BCUT2D eigenvalue weighted by Gasteiger charge is -2.22. The van der Waals surface area contributed by atoms with Crippen LogP contribution in [0.2, 0.25) is 0 Å². The third kappa shape index (κ3) is 4.54. The van der Waals surface area contributed by atoms with Crippen LogP contribution < -0.4 is 9.88 Å². The van der Waals surface area contributed by atoms with E-state index in [1.165, 1.54) is 54.5 Å². The maximum atomic E-state index is 13.9. The summed E-state index contributed by atoms with van der Waals surface area (Å²) in [6.07, 6.45) is -0.495.